The van der Waals surface area contributed by atoms with E-state index in [1.807, 2.05) is 18.2 Å². The zero-order chi connectivity index (χ0) is 12.8. The van der Waals surface area contributed by atoms with Crippen LogP contribution in [0, 0.1) is 0 Å². The van der Waals surface area contributed by atoms with Crippen molar-refractivity contribution >= 4 is 29.2 Å². The first-order valence-corrected chi connectivity index (χ1v) is 7.08. The molecule has 0 bridgehead atoms. The minimum absolute atomic E-state index is 0.661. The smallest absolute Gasteiger partial charge is 0.129 e. The summed E-state index contributed by atoms with van der Waals surface area (Å²) in [5.41, 5.74) is 1.18. The molecule has 18 heavy (non-hydrogen) atoms. The van der Waals surface area contributed by atoms with Gasteiger partial charge in [-0.3, -0.25) is 0 Å². The monoisotopic (exact) mass is 279 g/mol. The highest BCUT2D eigenvalue weighted by atomic mass is 35.5. The lowest BCUT2D eigenvalue weighted by Crippen LogP contribution is -2.02. The largest absolute Gasteiger partial charge is 0.370 e. The standard InChI is InChI=1S/C13H14ClN3S/c1-2-15-13-10(4-3-7-16-13)9-18-12-6-5-11(14)8-17-12/h3-8H,2,9H2,1H3,(H,15,16). The lowest BCUT2D eigenvalue weighted by atomic mass is 10.3. The Morgan fingerprint density at radius 3 is 2.89 bits per heavy atom. The number of rotatable bonds is 5. The first-order valence-electron chi connectivity index (χ1n) is 5.71. The summed E-state index contributed by atoms with van der Waals surface area (Å²) < 4.78 is 0. The van der Waals surface area contributed by atoms with E-state index >= 15 is 0 Å². The topological polar surface area (TPSA) is 37.8 Å². The predicted octanol–water partition coefficient (Wildman–Crippen LogP) is 3.85. The summed E-state index contributed by atoms with van der Waals surface area (Å²) in [7, 11) is 0. The van der Waals surface area contributed by atoms with Gasteiger partial charge < -0.3 is 5.32 Å². The van der Waals surface area contributed by atoms with Gasteiger partial charge in [-0.05, 0) is 25.1 Å². The number of hydrogen-bond donors (Lipinski definition) is 1. The average molecular weight is 280 g/mol. The van der Waals surface area contributed by atoms with Gasteiger partial charge >= 0.3 is 0 Å². The van der Waals surface area contributed by atoms with Gasteiger partial charge in [0.15, 0.2) is 0 Å². The second-order valence-electron chi connectivity index (χ2n) is 3.64. The fraction of sp³-hybridized carbons (Fsp3) is 0.231. The molecular weight excluding hydrogens is 266 g/mol. The number of aromatic nitrogens is 2. The molecule has 0 aromatic carbocycles. The maximum absolute atomic E-state index is 5.80. The van der Waals surface area contributed by atoms with E-state index in [0.717, 1.165) is 23.1 Å². The van der Waals surface area contributed by atoms with Crippen molar-refractivity contribution in [1.82, 2.24) is 9.97 Å². The molecule has 0 aliphatic rings. The highest BCUT2D eigenvalue weighted by Gasteiger charge is 2.03. The third kappa shape index (κ3) is 3.62. The third-order valence-electron chi connectivity index (χ3n) is 2.31. The zero-order valence-electron chi connectivity index (χ0n) is 10.1. The van der Waals surface area contributed by atoms with Crippen LogP contribution < -0.4 is 5.32 Å². The molecule has 2 aromatic heterocycles. The van der Waals surface area contributed by atoms with Crippen LogP contribution in [-0.2, 0) is 5.75 Å². The van der Waals surface area contributed by atoms with Gasteiger partial charge in [0, 0.05) is 30.3 Å². The van der Waals surface area contributed by atoms with Crippen molar-refractivity contribution in [3.05, 3.63) is 47.2 Å². The molecule has 0 atom stereocenters. The number of thioether (sulfide) groups is 1. The van der Waals surface area contributed by atoms with Gasteiger partial charge in [0.2, 0.25) is 0 Å². The van der Waals surface area contributed by atoms with Crippen molar-refractivity contribution in [3.63, 3.8) is 0 Å². The highest BCUT2D eigenvalue weighted by Crippen LogP contribution is 2.24. The lowest BCUT2D eigenvalue weighted by Gasteiger charge is -2.08. The summed E-state index contributed by atoms with van der Waals surface area (Å²) in [6, 6.07) is 7.81. The van der Waals surface area contributed by atoms with Gasteiger partial charge in [-0.15, -0.1) is 11.8 Å². The van der Waals surface area contributed by atoms with Crippen LogP contribution in [0.2, 0.25) is 5.02 Å². The van der Waals surface area contributed by atoms with Gasteiger partial charge in [-0.2, -0.15) is 0 Å². The van der Waals surface area contributed by atoms with Gasteiger partial charge in [0.25, 0.3) is 0 Å². The Bertz CT molecular complexity index is 502. The van der Waals surface area contributed by atoms with Crippen molar-refractivity contribution in [2.45, 2.75) is 17.7 Å². The number of nitrogens with one attached hydrogen (secondary N) is 1. The maximum Gasteiger partial charge on any atom is 0.129 e. The van der Waals surface area contributed by atoms with Crippen LogP contribution in [0.25, 0.3) is 0 Å². The molecule has 0 radical (unpaired) electrons. The lowest BCUT2D eigenvalue weighted by molar-refractivity contribution is 1.12. The highest BCUT2D eigenvalue weighted by molar-refractivity contribution is 7.98. The summed E-state index contributed by atoms with van der Waals surface area (Å²) in [5.74, 6) is 1.78. The van der Waals surface area contributed by atoms with Crippen LogP contribution in [-0.4, -0.2) is 16.5 Å². The normalized spacial score (nSPS) is 10.3. The second-order valence-corrected chi connectivity index (χ2v) is 5.08. The van der Waals surface area contributed by atoms with E-state index in [4.69, 9.17) is 11.6 Å². The molecule has 94 valence electrons. The molecule has 2 rings (SSSR count). The van der Waals surface area contributed by atoms with E-state index in [-0.39, 0.29) is 0 Å². The molecule has 0 spiro atoms. The maximum atomic E-state index is 5.80. The fourth-order valence-electron chi connectivity index (χ4n) is 1.48. The summed E-state index contributed by atoms with van der Waals surface area (Å²) in [6.07, 6.45) is 3.46. The van der Waals surface area contributed by atoms with Crippen molar-refractivity contribution < 1.29 is 0 Å². The van der Waals surface area contributed by atoms with Crippen LogP contribution in [0.1, 0.15) is 12.5 Å². The Morgan fingerprint density at radius 1 is 1.28 bits per heavy atom. The first-order chi connectivity index (χ1) is 8.79. The Kier molecular flexibility index (Phi) is 4.84. The van der Waals surface area contributed by atoms with E-state index in [1.165, 1.54) is 5.56 Å². The summed E-state index contributed by atoms with van der Waals surface area (Å²) >= 11 is 7.48. The minimum Gasteiger partial charge on any atom is -0.370 e. The van der Waals surface area contributed by atoms with Crippen molar-refractivity contribution in [2.24, 2.45) is 0 Å². The molecular formula is C13H14ClN3S. The molecule has 0 unspecified atom stereocenters. The molecule has 3 nitrogen and oxygen atoms in total. The van der Waals surface area contributed by atoms with Gasteiger partial charge in [0.05, 0.1) is 10.0 Å². The number of pyridine rings is 2. The van der Waals surface area contributed by atoms with E-state index in [0.29, 0.717) is 5.02 Å². The number of halogens is 1. The van der Waals surface area contributed by atoms with Crippen LogP contribution in [0.3, 0.4) is 0 Å². The Balaban J connectivity index is 2.03. The quantitative estimate of drug-likeness (QED) is 0.844. The molecule has 2 heterocycles. The van der Waals surface area contributed by atoms with Crippen LogP contribution >= 0.6 is 23.4 Å². The minimum atomic E-state index is 0.661. The molecule has 0 saturated carbocycles. The molecule has 5 heteroatoms. The van der Waals surface area contributed by atoms with Gasteiger partial charge in [-0.1, -0.05) is 17.7 Å². The van der Waals surface area contributed by atoms with E-state index < -0.39 is 0 Å². The van der Waals surface area contributed by atoms with Crippen molar-refractivity contribution in [1.29, 1.82) is 0 Å². The molecule has 0 aliphatic carbocycles. The van der Waals surface area contributed by atoms with E-state index in [1.54, 1.807) is 24.2 Å². The predicted molar refractivity (Wildman–Crippen MR) is 77.2 cm³/mol. The van der Waals surface area contributed by atoms with Gasteiger partial charge in [0.1, 0.15) is 5.82 Å². The molecule has 0 fully saturated rings. The fourth-order valence-corrected chi connectivity index (χ4v) is 2.42. The molecule has 0 amide bonds. The molecule has 0 saturated heterocycles. The van der Waals surface area contributed by atoms with Crippen LogP contribution in [0.4, 0.5) is 5.82 Å². The van der Waals surface area contributed by atoms with Crippen molar-refractivity contribution in [2.75, 3.05) is 11.9 Å². The van der Waals surface area contributed by atoms with E-state index in [9.17, 15) is 0 Å². The van der Waals surface area contributed by atoms with Crippen LogP contribution in [0.5, 0.6) is 0 Å². The first kappa shape index (κ1) is 13.2. The SMILES string of the molecule is CCNc1ncccc1CSc1ccc(Cl)cn1. The average Bonchev–Trinajstić information content (AvgIpc) is 2.40. The van der Waals surface area contributed by atoms with Crippen molar-refractivity contribution in [3.8, 4) is 0 Å². The molecule has 2 aromatic rings. The molecule has 0 aliphatic heterocycles. The third-order valence-corrected chi connectivity index (χ3v) is 3.53. The Morgan fingerprint density at radius 2 is 2.17 bits per heavy atom. The summed E-state index contributed by atoms with van der Waals surface area (Å²) in [6.45, 7) is 2.93. The summed E-state index contributed by atoms with van der Waals surface area (Å²) in [5, 5.41) is 4.88. The Labute approximate surface area is 116 Å². The summed E-state index contributed by atoms with van der Waals surface area (Å²) in [4.78, 5) is 8.59. The molecule has 1 N–H and O–H groups in total. The second kappa shape index (κ2) is 6.61. The number of anilines is 1. The zero-order valence-corrected chi connectivity index (χ0v) is 11.6. The van der Waals surface area contributed by atoms with Crippen LogP contribution in [0.15, 0.2) is 41.7 Å². The number of hydrogen-bond acceptors (Lipinski definition) is 4. The van der Waals surface area contributed by atoms with Gasteiger partial charge in [-0.25, -0.2) is 9.97 Å². The Hall–Kier alpha value is -1.26. The van der Waals surface area contributed by atoms with E-state index in [2.05, 4.69) is 28.3 Å². The number of nitrogens with zero attached hydrogens (tertiary/aromatic N) is 2.